The Morgan fingerprint density at radius 1 is 1.00 bits per heavy atom. The number of halogens is 2. The Balaban J connectivity index is 1.83. The van der Waals surface area contributed by atoms with Crippen molar-refractivity contribution in [2.24, 2.45) is 0 Å². The Labute approximate surface area is 161 Å². The van der Waals surface area contributed by atoms with Crippen LogP contribution in [-0.4, -0.2) is 29.8 Å². The van der Waals surface area contributed by atoms with Crippen molar-refractivity contribution in [3.8, 4) is 17.2 Å². The van der Waals surface area contributed by atoms with Gasteiger partial charge in [0, 0.05) is 12.0 Å². The van der Waals surface area contributed by atoms with E-state index < -0.39 is 36.2 Å². The third-order valence-electron chi connectivity index (χ3n) is 4.96. The van der Waals surface area contributed by atoms with Crippen LogP contribution in [0.25, 0.3) is 11.1 Å². The molecule has 1 saturated carbocycles. The van der Waals surface area contributed by atoms with Gasteiger partial charge in [-0.1, -0.05) is 42.5 Å². The first-order valence-corrected chi connectivity index (χ1v) is 8.91. The molecular weight excluding hydrogens is 364 g/mol. The van der Waals surface area contributed by atoms with E-state index in [-0.39, 0.29) is 18.4 Å². The summed E-state index contributed by atoms with van der Waals surface area (Å²) in [5.74, 6) is -5.19. The lowest BCUT2D eigenvalue weighted by atomic mass is 9.92. The summed E-state index contributed by atoms with van der Waals surface area (Å²) in [5, 5.41) is 13.0. The molecular formula is C21H19F2N3O2. The minimum Gasteiger partial charge on any atom is -0.341 e. The Morgan fingerprint density at radius 3 is 2.21 bits per heavy atom. The minimum absolute atomic E-state index is 0.0974. The zero-order valence-electron chi connectivity index (χ0n) is 15.0. The number of amides is 2. The quantitative estimate of drug-likeness (QED) is 0.778. The number of alkyl halides is 2. The molecule has 5 nitrogen and oxygen atoms in total. The number of benzene rings is 2. The molecule has 0 radical (unpaired) electrons. The van der Waals surface area contributed by atoms with Crippen LogP contribution in [0.3, 0.4) is 0 Å². The van der Waals surface area contributed by atoms with Gasteiger partial charge in [-0.15, -0.1) is 0 Å². The molecule has 7 heteroatoms. The van der Waals surface area contributed by atoms with Crippen molar-refractivity contribution in [2.45, 2.75) is 30.7 Å². The van der Waals surface area contributed by atoms with Crippen molar-refractivity contribution in [3.05, 3.63) is 60.2 Å². The van der Waals surface area contributed by atoms with E-state index in [0.717, 1.165) is 11.1 Å². The van der Waals surface area contributed by atoms with Gasteiger partial charge >= 0.3 is 0 Å². The van der Waals surface area contributed by atoms with Crippen LogP contribution in [0.15, 0.2) is 54.6 Å². The first kappa shape index (κ1) is 19.5. The molecule has 0 heterocycles. The van der Waals surface area contributed by atoms with E-state index in [9.17, 15) is 18.4 Å². The molecule has 1 fully saturated rings. The summed E-state index contributed by atoms with van der Waals surface area (Å²) in [5.41, 5.74) is -0.331. The topological polar surface area (TPSA) is 82.0 Å². The Kier molecular flexibility index (Phi) is 5.41. The maximum absolute atomic E-state index is 14.5. The highest BCUT2D eigenvalue weighted by atomic mass is 19.3. The van der Waals surface area contributed by atoms with E-state index in [2.05, 4.69) is 10.6 Å². The third-order valence-corrected chi connectivity index (χ3v) is 4.96. The van der Waals surface area contributed by atoms with Gasteiger partial charge in [0.25, 0.3) is 17.7 Å². The normalized spacial score (nSPS) is 20.2. The molecule has 1 aliphatic rings. The van der Waals surface area contributed by atoms with Crippen molar-refractivity contribution in [1.29, 1.82) is 5.26 Å². The number of hydrogen-bond acceptors (Lipinski definition) is 3. The first-order chi connectivity index (χ1) is 13.4. The smallest absolute Gasteiger partial charge is 0.279 e. The zero-order chi connectivity index (χ0) is 20.2. The average Bonchev–Trinajstić information content (AvgIpc) is 3.01. The van der Waals surface area contributed by atoms with Crippen LogP contribution in [-0.2, 0) is 4.79 Å². The van der Waals surface area contributed by atoms with Crippen molar-refractivity contribution >= 4 is 11.8 Å². The van der Waals surface area contributed by atoms with E-state index in [4.69, 9.17) is 5.26 Å². The molecule has 2 N–H and O–H groups in total. The second kappa shape index (κ2) is 7.77. The summed E-state index contributed by atoms with van der Waals surface area (Å²) >= 11 is 0. The van der Waals surface area contributed by atoms with Gasteiger partial charge < -0.3 is 10.6 Å². The van der Waals surface area contributed by atoms with E-state index >= 15 is 0 Å². The van der Waals surface area contributed by atoms with Gasteiger partial charge in [-0.3, -0.25) is 9.59 Å². The number of nitrogens with one attached hydrogen (secondary N) is 2. The number of carbonyl (C=O) groups is 2. The van der Waals surface area contributed by atoms with Crippen molar-refractivity contribution in [1.82, 2.24) is 10.6 Å². The lowest BCUT2D eigenvalue weighted by Gasteiger charge is -2.34. The SMILES string of the molecule is N#CCNC(=O)C1(NC(=O)c2ccc(-c3ccccc3)cc2)CCCC1(F)F. The molecule has 144 valence electrons. The zero-order valence-corrected chi connectivity index (χ0v) is 15.0. The molecule has 0 aliphatic heterocycles. The summed E-state index contributed by atoms with van der Waals surface area (Å²) in [4.78, 5) is 25.0. The highest BCUT2D eigenvalue weighted by Gasteiger charge is 2.62. The Hall–Kier alpha value is -3.27. The average molecular weight is 383 g/mol. The molecule has 1 atom stereocenters. The summed E-state index contributed by atoms with van der Waals surface area (Å²) in [6.45, 7) is -0.404. The fraction of sp³-hybridized carbons (Fsp3) is 0.286. The van der Waals surface area contributed by atoms with E-state index in [1.54, 1.807) is 18.2 Å². The number of carbonyl (C=O) groups excluding carboxylic acids is 2. The van der Waals surface area contributed by atoms with E-state index in [1.807, 2.05) is 30.3 Å². The largest absolute Gasteiger partial charge is 0.341 e. The molecule has 1 aliphatic carbocycles. The van der Waals surface area contributed by atoms with Gasteiger partial charge in [0.05, 0.1) is 6.07 Å². The highest BCUT2D eigenvalue weighted by Crippen LogP contribution is 2.44. The molecule has 2 amide bonds. The Bertz CT molecular complexity index is 907. The second-order valence-electron chi connectivity index (χ2n) is 6.70. The molecule has 0 saturated heterocycles. The van der Waals surface area contributed by atoms with Crippen LogP contribution in [0.5, 0.6) is 0 Å². The number of rotatable bonds is 5. The van der Waals surface area contributed by atoms with Gasteiger partial charge in [-0.2, -0.15) is 5.26 Å². The number of hydrogen-bond donors (Lipinski definition) is 2. The van der Waals surface area contributed by atoms with Crippen LogP contribution < -0.4 is 10.6 Å². The molecule has 3 rings (SSSR count). The minimum atomic E-state index is -3.40. The van der Waals surface area contributed by atoms with Crippen molar-refractivity contribution in [3.63, 3.8) is 0 Å². The molecule has 2 aromatic carbocycles. The summed E-state index contributed by atoms with van der Waals surface area (Å²) in [7, 11) is 0. The molecule has 0 aromatic heterocycles. The first-order valence-electron chi connectivity index (χ1n) is 8.91. The fourth-order valence-corrected chi connectivity index (χ4v) is 3.44. The molecule has 0 bridgehead atoms. The molecule has 0 spiro atoms. The van der Waals surface area contributed by atoms with Gasteiger partial charge in [-0.25, -0.2) is 8.78 Å². The second-order valence-corrected chi connectivity index (χ2v) is 6.70. The molecule has 2 aromatic rings. The summed E-state index contributed by atoms with van der Waals surface area (Å²) in [6.07, 6.45) is -0.592. The van der Waals surface area contributed by atoms with Crippen LogP contribution in [0, 0.1) is 11.3 Å². The van der Waals surface area contributed by atoms with Gasteiger partial charge in [0.15, 0.2) is 5.54 Å². The van der Waals surface area contributed by atoms with Crippen LogP contribution in [0.4, 0.5) is 8.78 Å². The summed E-state index contributed by atoms with van der Waals surface area (Å²) in [6, 6.07) is 17.7. The third kappa shape index (κ3) is 3.58. The van der Waals surface area contributed by atoms with Crippen LogP contribution >= 0.6 is 0 Å². The molecule has 1 unspecified atom stereocenters. The predicted octanol–water partition coefficient (Wildman–Crippen LogP) is 3.28. The lowest BCUT2D eigenvalue weighted by Crippen LogP contribution is -2.65. The highest BCUT2D eigenvalue weighted by molar-refractivity contribution is 6.00. The van der Waals surface area contributed by atoms with E-state index in [1.165, 1.54) is 12.1 Å². The standard InChI is InChI=1S/C21H19F2N3O2/c22-21(23)12-4-11-20(21,19(28)25-14-13-24)26-18(27)17-9-7-16(8-10-17)15-5-2-1-3-6-15/h1-3,5-10H,4,11-12,14H2,(H,25,28)(H,26,27). The Morgan fingerprint density at radius 2 is 1.64 bits per heavy atom. The maximum Gasteiger partial charge on any atom is 0.279 e. The molecule has 28 heavy (non-hydrogen) atoms. The van der Waals surface area contributed by atoms with E-state index in [0.29, 0.717) is 0 Å². The summed E-state index contributed by atoms with van der Waals surface area (Å²) < 4.78 is 29.1. The fourth-order valence-electron chi connectivity index (χ4n) is 3.44. The van der Waals surface area contributed by atoms with Crippen molar-refractivity contribution < 1.29 is 18.4 Å². The monoisotopic (exact) mass is 383 g/mol. The van der Waals surface area contributed by atoms with Gasteiger partial charge in [-0.05, 0) is 36.1 Å². The van der Waals surface area contributed by atoms with Crippen molar-refractivity contribution in [2.75, 3.05) is 6.54 Å². The van der Waals surface area contributed by atoms with Crippen LogP contribution in [0.2, 0.25) is 0 Å². The van der Waals surface area contributed by atoms with Gasteiger partial charge in [0.1, 0.15) is 6.54 Å². The predicted molar refractivity (Wildman–Crippen MR) is 99.5 cm³/mol. The van der Waals surface area contributed by atoms with Gasteiger partial charge in [0.2, 0.25) is 0 Å². The maximum atomic E-state index is 14.5. The van der Waals surface area contributed by atoms with Crippen LogP contribution in [0.1, 0.15) is 29.6 Å². The lowest BCUT2D eigenvalue weighted by molar-refractivity contribution is -0.142. The number of nitrogens with zero attached hydrogens (tertiary/aromatic N) is 1. The number of nitriles is 1.